The number of carboxylic acid groups (broad SMARTS) is 1. The predicted molar refractivity (Wildman–Crippen MR) is 67.2 cm³/mol. The van der Waals surface area contributed by atoms with Gasteiger partial charge in [0.1, 0.15) is 5.69 Å². The second kappa shape index (κ2) is 6.82. The Labute approximate surface area is 111 Å². The van der Waals surface area contributed by atoms with E-state index in [1.165, 1.54) is 23.1 Å². The fourth-order valence-corrected chi connectivity index (χ4v) is 1.67. The van der Waals surface area contributed by atoms with E-state index in [1.807, 2.05) is 13.8 Å². The molecule has 0 fully saturated rings. The molecule has 1 rings (SSSR count). The van der Waals surface area contributed by atoms with Crippen LogP contribution in [0.4, 0.5) is 4.39 Å². The van der Waals surface area contributed by atoms with Gasteiger partial charge >= 0.3 is 5.97 Å². The molecule has 0 atom stereocenters. The molecule has 1 amide bonds. The van der Waals surface area contributed by atoms with Gasteiger partial charge < -0.3 is 10.0 Å². The highest BCUT2D eigenvalue weighted by Gasteiger charge is 2.20. The van der Waals surface area contributed by atoms with E-state index in [9.17, 15) is 14.0 Å². The number of rotatable bonds is 6. The van der Waals surface area contributed by atoms with Crippen molar-refractivity contribution < 1.29 is 19.1 Å². The molecule has 0 saturated heterocycles. The van der Waals surface area contributed by atoms with Crippen LogP contribution in [0.2, 0.25) is 0 Å². The van der Waals surface area contributed by atoms with Crippen LogP contribution in [-0.2, 0) is 4.79 Å². The molecule has 0 saturated carbocycles. The minimum absolute atomic E-state index is 0.00687. The smallest absolute Gasteiger partial charge is 0.303 e. The summed E-state index contributed by atoms with van der Waals surface area (Å²) in [7, 11) is 0. The molecule has 19 heavy (non-hydrogen) atoms. The van der Waals surface area contributed by atoms with Gasteiger partial charge in [-0.05, 0) is 32.4 Å². The first kappa shape index (κ1) is 15.1. The number of nitrogens with zero attached hydrogens (tertiary/aromatic N) is 2. The summed E-state index contributed by atoms with van der Waals surface area (Å²) in [6.45, 7) is 3.94. The Morgan fingerprint density at radius 1 is 1.42 bits per heavy atom. The lowest BCUT2D eigenvalue weighted by atomic mass is 10.2. The molecule has 0 bridgehead atoms. The van der Waals surface area contributed by atoms with E-state index in [0.29, 0.717) is 13.0 Å². The first-order chi connectivity index (χ1) is 8.91. The van der Waals surface area contributed by atoms with Crippen LogP contribution in [0, 0.1) is 5.95 Å². The minimum Gasteiger partial charge on any atom is -0.481 e. The van der Waals surface area contributed by atoms with Crippen molar-refractivity contribution in [3.8, 4) is 0 Å². The van der Waals surface area contributed by atoms with Crippen molar-refractivity contribution >= 4 is 11.9 Å². The zero-order chi connectivity index (χ0) is 14.4. The molecule has 1 aromatic heterocycles. The van der Waals surface area contributed by atoms with E-state index in [-0.39, 0.29) is 24.1 Å². The van der Waals surface area contributed by atoms with Crippen molar-refractivity contribution in [2.24, 2.45) is 0 Å². The molecule has 5 nitrogen and oxygen atoms in total. The Morgan fingerprint density at radius 2 is 2.11 bits per heavy atom. The molecule has 1 aromatic rings. The quantitative estimate of drug-likeness (QED) is 0.800. The maximum Gasteiger partial charge on any atom is 0.303 e. The highest BCUT2D eigenvalue weighted by molar-refractivity contribution is 5.92. The summed E-state index contributed by atoms with van der Waals surface area (Å²) in [5, 5.41) is 8.59. The van der Waals surface area contributed by atoms with Crippen LogP contribution in [0.5, 0.6) is 0 Å². The molecule has 104 valence electrons. The third-order valence-electron chi connectivity index (χ3n) is 2.61. The van der Waals surface area contributed by atoms with Gasteiger partial charge in [-0.15, -0.1) is 0 Å². The third kappa shape index (κ3) is 4.65. The number of hydrogen-bond donors (Lipinski definition) is 1. The first-order valence-electron chi connectivity index (χ1n) is 6.07. The van der Waals surface area contributed by atoms with E-state index in [2.05, 4.69) is 4.98 Å². The van der Waals surface area contributed by atoms with Crippen LogP contribution in [0.1, 0.15) is 37.2 Å². The van der Waals surface area contributed by atoms with Gasteiger partial charge in [0.25, 0.3) is 5.91 Å². The van der Waals surface area contributed by atoms with Gasteiger partial charge in [-0.1, -0.05) is 6.07 Å². The average Bonchev–Trinajstić information content (AvgIpc) is 2.33. The fraction of sp³-hybridized carbons (Fsp3) is 0.462. The second-order valence-corrected chi connectivity index (χ2v) is 4.44. The van der Waals surface area contributed by atoms with Gasteiger partial charge in [-0.25, -0.2) is 4.98 Å². The van der Waals surface area contributed by atoms with Gasteiger partial charge in [0.05, 0.1) is 0 Å². The van der Waals surface area contributed by atoms with E-state index in [1.54, 1.807) is 0 Å². The summed E-state index contributed by atoms with van der Waals surface area (Å²) < 4.78 is 13.0. The Hall–Kier alpha value is -1.98. The normalized spacial score (nSPS) is 10.5. The topological polar surface area (TPSA) is 70.5 Å². The van der Waals surface area contributed by atoms with Crippen LogP contribution in [0.15, 0.2) is 18.2 Å². The highest BCUT2D eigenvalue weighted by atomic mass is 19.1. The molecule has 1 N–H and O–H groups in total. The minimum atomic E-state index is -0.903. The van der Waals surface area contributed by atoms with Gasteiger partial charge in [-0.3, -0.25) is 9.59 Å². The zero-order valence-corrected chi connectivity index (χ0v) is 11.0. The van der Waals surface area contributed by atoms with Gasteiger partial charge in [-0.2, -0.15) is 4.39 Å². The molecular weight excluding hydrogens is 251 g/mol. The predicted octanol–water partition coefficient (Wildman–Crippen LogP) is 1.94. The lowest BCUT2D eigenvalue weighted by Gasteiger charge is -2.26. The number of halogens is 1. The molecule has 0 unspecified atom stereocenters. The van der Waals surface area contributed by atoms with Crippen LogP contribution >= 0.6 is 0 Å². The first-order valence-corrected chi connectivity index (χ1v) is 6.07. The molecule has 6 heteroatoms. The molecule has 0 aliphatic carbocycles. The van der Waals surface area contributed by atoms with Gasteiger partial charge in [0, 0.05) is 19.0 Å². The molecule has 0 aliphatic rings. The Balaban J connectivity index is 2.75. The van der Waals surface area contributed by atoms with Crippen molar-refractivity contribution in [3.05, 3.63) is 29.8 Å². The highest BCUT2D eigenvalue weighted by Crippen LogP contribution is 2.09. The summed E-state index contributed by atoms with van der Waals surface area (Å²) in [4.78, 5) is 27.7. The van der Waals surface area contributed by atoms with Crippen molar-refractivity contribution in [3.63, 3.8) is 0 Å². The number of carboxylic acids is 1. The molecule has 0 aliphatic heterocycles. The van der Waals surface area contributed by atoms with E-state index in [4.69, 9.17) is 5.11 Å². The van der Waals surface area contributed by atoms with Crippen LogP contribution in [-0.4, -0.2) is 39.5 Å². The Morgan fingerprint density at radius 3 is 2.63 bits per heavy atom. The summed E-state index contributed by atoms with van der Waals surface area (Å²) in [5.74, 6) is -2.00. The van der Waals surface area contributed by atoms with E-state index in [0.717, 1.165) is 0 Å². The number of aliphatic carboxylic acids is 1. The van der Waals surface area contributed by atoms with Crippen LogP contribution in [0.3, 0.4) is 0 Å². The number of aromatic nitrogens is 1. The molecule has 0 spiro atoms. The summed E-state index contributed by atoms with van der Waals surface area (Å²) >= 11 is 0. The molecule has 0 aromatic carbocycles. The van der Waals surface area contributed by atoms with Crippen LogP contribution in [0.25, 0.3) is 0 Å². The number of hydrogen-bond acceptors (Lipinski definition) is 3. The maximum atomic E-state index is 13.0. The molecular formula is C13H17FN2O3. The summed E-state index contributed by atoms with van der Waals surface area (Å²) in [5.41, 5.74) is 0.0315. The molecule has 0 radical (unpaired) electrons. The number of carbonyl (C=O) groups is 2. The monoisotopic (exact) mass is 268 g/mol. The average molecular weight is 268 g/mol. The zero-order valence-electron chi connectivity index (χ0n) is 11.0. The SMILES string of the molecule is CC(C)N(CCCC(=O)O)C(=O)c1cccc(F)n1. The third-order valence-corrected chi connectivity index (χ3v) is 2.61. The van der Waals surface area contributed by atoms with Gasteiger partial charge in [0.2, 0.25) is 5.95 Å². The number of pyridine rings is 1. The van der Waals surface area contributed by atoms with Crippen LogP contribution < -0.4 is 0 Å². The van der Waals surface area contributed by atoms with E-state index >= 15 is 0 Å². The molecule has 1 heterocycles. The Kier molecular flexibility index (Phi) is 5.41. The standard InChI is InChI=1S/C13H17FN2O3/c1-9(2)16(8-4-7-12(17)18)13(19)10-5-3-6-11(14)15-10/h3,5-6,9H,4,7-8H2,1-2H3,(H,17,18). The lowest BCUT2D eigenvalue weighted by Crippen LogP contribution is -2.38. The van der Waals surface area contributed by atoms with Crippen molar-refractivity contribution in [2.45, 2.75) is 32.7 Å². The largest absolute Gasteiger partial charge is 0.481 e. The van der Waals surface area contributed by atoms with Crippen molar-refractivity contribution in [1.29, 1.82) is 0 Å². The summed E-state index contributed by atoms with van der Waals surface area (Å²) in [6, 6.07) is 3.93. The van der Waals surface area contributed by atoms with Gasteiger partial charge in [0.15, 0.2) is 0 Å². The number of amides is 1. The Bertz CT molecular complexity index is 463. The van der Waals surface area contributed by atoms with Crippen molar-refractivity contribution in [1.82, 2.24) is 9.88 Å². The van der Waals surface area contributed by atoms with Crippen molar-refractivity contribution in [2.75, 3.05) is 6.54 Å². The second-order valence-electron chi connectivity index (χ2n) is 4.44. The summed E-state index contributed by atoms with van der Waals surface area (Å²) in [6.07, 6.45) is 0.349. The maximum absolute atomic E-state index is 13.0. The van der Waals surface area contributed by atoms with E-state index < -0.39 is 11.9 Å². The fourth-order valence-electron chi connectivity index (χ4n) is 1.67. The number of carbonyl (C=O) groups excluding carboxylic acids is 1. The lowest BCUT2D eigenvalue weighted by molar-refractivity contribution is -0.137.